The van der Waals surface area contributed by atoms with E-state index in [1.807, 2.05) is 12.1 Å². The molecule has 0 aromatic heterocycles. The van der Waals surface area contributed by atoms with Gasteiger partial charge in [-0.3, -0.25) is 9.69 Å². The summed E-state index contributed by atoms with van der Waals surface area (Å²) in [6.45, 7) is 3.28. The van der Waals surface area contributed by atoms with Crippen LogP contribution < -0.4 is 4.90 Å². The van der Waals surface area contributed by atoms with Gasteiger partial charge in [-0.1, -0.05) is 29.3 Å². The average molecular weight is 448 g/mol. The van der Waals surface area contributed by atoms with Crippen LogP contribution >= 0.6 is 35.0 Å². The summed E-state index contributed by atoms with van der Waals surface area (Å²) in [6.07, 6.45) is 1.77. The standard InChI is InChI=1S/C21H19Cl2N3O2S/c1-25-20(27)19(12-14-2-3-15(22)13-18(14)23)29-21(25)24-16-4-6-17(7-5-16)26-8-10-28-11-9-26/h2-7,12-13H,8-11H2,1H3/b19-12+,24-21?. The Balaban J connectivity index is 1.53. The topological polar surface area (TPSA) is 45.1 Å². The maximum Gasteiger partial charge on any atom is 0.266 e. The molecule has 4 rings (SSSR count). The van der Waals surface area contributed by atoms with Crippen LogP contribution in [0.3, 0.4) is 0 Å². The molecule has 1 amide bonds. The number of carbonyl (C=O) groups is 1. The molecule has 2 fully saturated rings. The third kappa shape index (κ3) is 4.61. The van der Waals surface area contributed by atoms with E-state index in [1.165, 1.54) is 11.8 Å². The zero-order chi connectivity index (χ0) is 20.4. The van der Waals surface area contributed by atoms with E-state index in [0.29, 0.717) is 20.1 Å². The molecule has 2 aliphatic heterocycles. The van der Waals surface area contributed by atoms with Crippen LogP contribution in [0.15, 0.2) is 52.4 Å². The van der Waals surface area contributed by atoms with E-state index in [1.54, 1.807) is 36.2 Å². The largest absolute Gasteiger partial charge is 0.378 e. The third-order valence-electron chi connectivity index (χ3n) is 4.70. The lowest BCUT2D eigenvalue weighted by atomic mass is 10.2. The molecule has 8 heteroatoms. The predicted octanol–water partition coefficient (Wildman–Crippen LogP) is 5.06. The summed E-state index contributed by atoms with van der Waals surface area (Å²) in [5.41, 5.74) is 2.70. The molecule has 0 saturated carbocycles. The third-order valence-corrected chi connectivity index (χ3v) is 6.33. The van der Waals surface area contributed by atoms with Gasteiger partial charge < -0.3 is 9.64 Å². The van der Waals surface area contributed by atoms with Crippen LogP contribution in [0.5, 0.6) is 0 Å². The predicted molar refractivity (Wildman–Crippen MR) is 121 cm³/mol. The van der Waals surface area contributed by atoms with E-state index in [-0.39, 0.29) is 5.91 Å². The number of carbonyl (C=O) groups excluding carboxylic acids is 1. The Morgan fingerprint density at radius 3 is 2.52 bits per heavy atom. The monoisotopic (exact) mass is 447 g/mol. The number of halogens is 2. The van der Waals surface area contributed by atoms with Crippen LogP contribution in [0.25, 0.3) is 6.08 Å². The van der Waals surface area contributed by atoms with Crippen LogP contribution in [0.4, 0.5) is 11.4 Å². The molecular formula is C21H19Cl2N3O2S. The van der Waals surface area contributed by atoms with Crippen molar-refractivity contribution in [2.75, 3.05) is 38.3 Å². The number of ether oxygens (including phenoxy) is 1. The average Bonchev–Trinajstić information content (AvgIpc) is 2.99. The molecule has 0 radical (unpaired) electrons. The number of hydrogen-bond acceptors (Lipinski definition) is 5. The molecule has 2 heterocycles. The number of hydrogen-bond donors (Lipinski definition) is 0. The highest BCUT2D eigenvalue weighted by atomic mass is 35.5. The summed E-state index contributed by atoms with van der Waals surface area (Å²) in [5, 5.41) is 1.69. The smallest absolute Gasteiger partial charge is 0.266 e. The molecule has 0 N–H and O–H groups in total. The first kappa shape index (κ1) is 20.3. The van der Waals surface area contributed by atoms with E-state index < -0.39 is 0 Å². The Kier molecular flexibility index (Phi) is 6.15. The number of morpholine rings is 1. The molecule has 2 saturated heterocycles. The van der Waals surface area contributed by atoms with E-state index in [0.717, 1.165) is 43.2 Å². The number of aliphatic imine (C=N–C) groups is 1. The second-order valence-corrected chi connectivity index (χ2v) is 8.50. The first-order valence-electron chi connectivity index (χ1n) is 9.15. The highest BCUT2D eigenvalue weighted by Gasteiger charge is 2.30. The molecule has 5 nitrogen and oxygen atoms in total. The van der Waals surface area contributed by atoms with Gasteiger partial charge in [0.05, 0.1) is 23.8 Å². The van der Waals surface area contributed by atoms with E-state index >= 15 is 0 Å². The van der Waals surface area contributed by atoms with Gasteiger partial charge in [-0.25, -0.2) is 4.99 Å². The minimum Gasteiger partial charge on any atom is -0.378 e. The van der Waals surface area contributed by atoms with Crippen LogP contribution in [-0.2, 0) is 9.53 Å². The number of benzene rings is 2. The van der Waals surface area contributed by atoms with Crippen molar-refractivity contribution < 1.29 is 9.53 Å². The van der Waals surface area contributed by atoms with Gasteiger partial charge in [-0.15, -0.1) is 0 Å². The van der Waals surface area contributed by atoms with Crippen molar-refractivity contribution in [3.63, 3.8) is 0 Å². The van der Waals surface area contributed by atoms with Gasteiger partial charge in [0.1, 0.15) is 0 Å². The molecule has 29 heavy (non-hydrogen) atoms. The highest BCUT2D eigenvalue weighted by Crippen LogP contribution is 2.35. The molecule has 2 aromatic carbocycles. The summed E-state index contributed by atoms with van der Waals surface area (Å²) in [7, 11) is 1.72. The van der Waals surface area contributed by atoms with Gasteiger partial charge >= 0.3 is 0 Å². The lowest BCUT2D eigenvalue weighted by molar-refractivity contribution is -0.121. The number of amidine groups is 1. The van der Waals surface area contributed by atoms with Crippen molar-refractivity contribution in [2.45, 2.75) is 0 Å². The Hall–Kier alpha value is -1.99. The van der Waals surface area contributed by atoms with Gasteiger partial charge in [-0.05, 0) is 59.8 Å². The summed E-state index contributed by atoms with van der Waals surface area (Å²) in [6, 6.07) is 13.2. The fourth-order valence-electron chi connectivity index (χ4n) is 3.08. The van der Waals surface area contributed by atoms with Gasteiger partial charge in [0.25, 0.3) is 5.91 Å². The SMILES string of the molecule is CN1C(=O)/C(=C\c2ccc(Cl)cc2Cl)SC1=Nc1ccc(N2CCOCC2)cc1. The number of nitrogens with zero attached hydrogens (tertiary/aromatic N) is 3. The van der Waals surface area contributed by atoms with Crippen LogP contribution in [-0.4, -0.2) is 49.3 Å². The minimum absolute atomic E-state index is 0.107. The molecule has 0 bridgehead atoms. The molecule has 150 valence electrons. The maximum atomic E-state index is 12.6. The van der Waals surface area contributed by atoms with Crippen molar-refractivity contribution in [3.8, 4) is 0 Å². The first-order valence-corrected chi connectivity index (χ1v) is 10.7. The number of likely N-dealkylation sites (N-methyl/N-ethyl adjacent to an activating group) is 1. The van der Waals surface area contributed by atoms with Gasteiger partial charge in [0, 0.05) is 35.9 Å². The second kappa shape index (κ2) is 8.79. The fraction of sp³-hybridized carbons (Fsp3) is 0.238. The Bertz CT molecular complexity index is 986. The van der Waals surface area contributed by atoms with Crippen LogP contribution in [0, 0.1) is 0 Å². The quantitative estimate of drug-likeness (QED) is 0.616. The second-order valence-electron chi connectivity index (χ2n) is 6.65. The van der Waals surface area contributed by atoms with E-state index in [4.69, 9.17) is 27.9 Å². The first-order chi connectivity index (χ1) is 14.0. The molecule has 0 atom stereocenters. The van der Waals surface area contributed by atoms with Crippen molar-refractivity contribution in [2.24, 2.45) is 4.99 Å². The normalized spacial score (nSPS) is 20.2. The van der Waals surface area contributed by atoms with Crippen LogP contribution in [0.1, 0.15) is 5.56 Å². The Morgan fingerprint density at radius 1 is 1.10 bits per heavy atom. The summed E-state index contributed by atoms with van der Waals surface area (Å²) in [5.74, 6) is -0.107. The highest BCUT2D eigenvalue weighted by molar-refractivity contribution is 8.18. The van der Waals surface area contributed by atoms with Crippen molar-refractivity contribution >= 4 is 63.5 Å². The number of thioether (sulfide) groups is 1. The molecule has 0 unspecified atom stereocenters. The minimum atomic E-state index is -0.107. The van der Waals surface area contributed by atoms with Crippen molar-refractivity contribution in [3.05, 3.63) is 63.0 Å². The summed E-state index contributed by atoms with van der Waals surface area (Å²) < 4.78 is 5.40. The number of amides is 1. The van der Waals surface area contributed by atoms with E-state index in [2.05, 4.69) is 22.0 Å². The zero-order valence-corrected chi connectivity index (χ0v) is 18.1. The van der Waals surface area contributed by atoms with Crippen molar-refractivity contribution in [1.82, 2.24) is 4.90 Å². The number of anilines is 1. The zero-order valence-electron chi connectivity index (χ0n) is 15.8. The van der Waals surface area contributed by atoms with Gasteiger partial charge in [0.15, 0.2) is 5.17 Å². The molecule has 2 aliphatic rings. The molecule has 0 spiro atoms. The lowest BCUT2D eigenvalue weighted by Gasteiger charge is -2.28. The van der Waals surface area contributed by atoms with E-state index in [9.17, 15) is 4.79 Å². The summed E-state index contributed by atoms with van der Waals surface area (Å²) >= 11 is 13.5. The van der Waals surface area contributed by atoms with Crippen molar-refractivity contribution in [1.29, 1.82) is 0 Å². The van der Waals surface area contributed by atoms with Gasteiger partial charge in [0.2, 0.25) is 0 Å². The van der Waals surface area contributed by atoms with Crippen LogP contribution in [0.2, 0.25) is 10.0 Å². The maximum absolute atomic E-state index is 12.6. The number of rotatable bonds is 3. The molecule has 0 aliphatic carbocycles. The molecule has 2 aromatic rings. The molecular weight excluding hydrogens is 429 g/mol. The summed E-state index contributed by atoms with van der Waals surface area (Å²) in [4.78, 5) is 21.7. The lowest BCUT2D eigenvalue weighted by Crippen LogP contribution is -2.36. The Labute approximate surface area is 183 Å². The fourth-order valence-corrected chi connectivity index (χ4v) is 4.52. The Morgan fingerprint density at radius 2 is 1.83 bits per heavy atom. The van der Waals surface area contributed by atoms with Gasteiger partial charge in [-0.2, -0.15) is 0 Å².